The third-order valence-corrected chi connectivity index (χ3v) is 19.0. The molecule has 0 aromatic carbocycles. The van der Waals surface area contributed by atoms with Crippen LogP contribution in [-0.4, -0.2) is 104 Å². The molecule has 8 aliphatic rings. The van der Waals surface area contributed by atoms with Crippen molar-refractivity contribution in [1.29, 1.82) is 0 Å². The summed E-state index contributed by atoms with van der Waals surface area (Å²) in [7, 11) is 0. The van der Waals surface area contributed by atoms with Gasteiger partial charge in [0.1, 0.15) is 32.0 Å². The number of carbonyl (C=O) groups excluding carboxylic acids is 7. The molecule has 0 aliphatic heterocycles. The zero-order chi connectivity index (χ0) is 52.2. The molecule has 8 aliphatic carbocycles. The number of esters is 6. The minimum atomic E-state index is -0.983. The molecule has 15 heteroatoms. The molecule has 0 bridgehead atoms. The summed E-state index contributed by atoms with van der Waals surface area (Å²) in [5.74, 6) is 1.84. The molecule has 1 amide bonds. The maximum Gasteiger partial charge on any atom is 0.410 e. The standard InChI is InChI=1S/C59H91NO14/c1-59(2,3)74-58(67)60(28-8-18-52(61)72-50(34-68-54(63)46-24-20-38-10-4-14-42(38)30-46)35-69-55(64)47-25-21-39-11-5-15-43(39)31-47)29-9-19-53(62)73-51(36-70-56(65)48-26-22-40-12-6-16-44(40)32-48)37-71-57(66)49-27-23-41-13-7-17-45(41)33-49/h38-51H,4-37H2,1-3H3. The Hall–Kier alpha value is -3.91. The van der Waals surface area contributed by atoms with Gasteiger partial charge in [0.25, 0.3) is 0 Å². The highest BCUT2D eigenvalue weighted by molar-refractivity contribution is 5.75. The van der Waals surface area contributed by atoms with E-state index >= 15 is 0 Å². The number of fused-ring (bicyclic) bond motifs is 4. The van der Waals surface area contributed by atoms with Gasteiger partial charge in [-0.2, -0.15) is 0 Å². The van der Waals surface area contributed by atoms with E-state index in [0.29, 0.717) is 47.3 Å². The molecule has 74 heavy (non-hydrogen) atoms. The molecule has 12 unspecified atom stereocenters. The van der Waals surface area contributed by atoms with Crippen molar-refractivity contribution in [3.63, 3.8) is 0 Å². The summed E-state index contributed by atoms with van der Waals surface area (Å²) in [6, 6.07) is 0. The number of amides is 1. The summed E-state index contributed by atoms with van der Waals surface area (Å²) in [4.78, 5) is 95.3. The van der Waals surface area contributed by atoms with Crippen molar-refractivity contribution >= 4 is 41.9 Å². The topological polar surface area (TPSA) is 187 Å². The first-order valence-electron chi connectivity index (χ1n) is 29.7. The Bertz CT molecular complexity index is 1700. The van der Waals surface area contributed by atoms with Crippen LogP contribution in [0.4, 0.5) is 4.79 Å². The van der Waals surface area contributed by atoms with E-state index < -0.39 is 35.8 Å². The van der Waals surface area contributed by atoms with Crippen LogP contribution in [0.15, 0.2) is 0 Å². The average molecular weight is 1040 g/mol. The van der Waals surface area contributed by atoms with Gasteiger partial charge in [-0.1, -0.05) is 77.0 Å². The summed E-state index contributed by atoms with van der Waals surface area (Å²) < 4.78 is 40.6. The van der Waals surface area contributed by atoms with Crippen molar-refractivity contribution in [3.8, 4) is 0 Å². The van der Waals surface area contributed by atoms with Gasteiger partial charge in [-0.3, -0.25) is 28.8 Å². The van der Waals surface area contributed by atoms with Crippen LogP contribution in [0.1, 0.15) is 201 Å². The van der Waals surface area contributed by atoms with Gasteiger partial charge in [-0.25, -0.2) is 4.79 Å². The fraction of sp³-hybridized carbons (Fsp3) is 0.881. The maximum absolute atomic E-state index is 13.5. The Balaban J connectivity index is 0.817. The maximum atomic E-state index is 13.5. The van der Waals surface area contributed by atoms with Crippen molar-refractivity contribution in [3.05, 3.63) is 0 Å². The van der Waals surface area contributed by atoms with Crippen LogP contribution in [0.2, 0.25) is 0 Å². The molecule has 0 spiro atoms. The Labute approximate surface area is 441 Å². The number of carbonyl (C=O) groups is 7. The SMILES string of the molecule is CC(C)(C)OC(=O)N(CCCC(=O)OC(COC(=O)C1CCC2CCCC2C1)COC(=O)C1CCC2CCCC2C1)CCCC(=O)OC(COC(=O)C1CCC2CCCC2C1)COC(=O)C1CCC2CCCC2C1. The average Bonchev–Trinajstić information content (AvgIpc) is 4.23. The lowest BCUT2D eigenvalue weighted by molar-refractivity contribution is -0.171. The second kappa shape index (κ2) is 26.9. The van der Waals surface area contributed by atoms with E-state index in [-0.39, 0.29) is 113 Å². The molecule has 0 radical (unpaired) electrons. The van der Waals surface area contributed by atoms with Crippen LogP contribution < -0.4 is 0 Å². The Kier molecular flexibility index (Phi) is 20.5. The van der Waals surface area contributed by atoms with Crippen LogP contribution in [0.3, 0.4) is 0 Å². The molecule has 8 fully saturated rings. The summed E-state index contributed by atoms with van der Waals surface area (Å²) in [6.45, 7) is 4.64. The summed E-state index contributed by atoms with van der Waals surface area (Å²) >= 11 is 0. The highest BCUT2D eigenvalue weighted by Gasteiger charge is 2.41. The van der Waals surface area contributed by atoms with E-state index in [4.69, 9.17) is 33.2 Å². The fourth-order valence-electron chi connectivity index (χ4n) is 15.0. The summed E-state index contributed by atoms with van der Waals surface area (Å²) in [6.07, 6.45) is 22.5. The molecule has 416 valence electrons. The molecule has 0 saturated heterocycles. The van der Waals surface area contributed by atoms with Gasteiger partial charge in [0.2, 0.25) is 0 Å². The molecule has 8 rings (SSSR count). The molecule has 0 aromatic heterocycles. The van der Waals surface area contributed by atoms with Crippen LogP contribution in [0.25, 0.3) is 0 Å². The predicted octanol–water partition coefficient (Wildman–Crippen LogP) is 10.6. The van der Waals surface area contributed by atoms with Gasteiger partial charge in [0.05, 0.1) is 23.7 Å². The van der Waals surface area contributed by atoms with Crippen molar-refractivity contribution < 1.29 is 66.7 Å². The van der Waals surface area contributed by atoms with Crippen LogP contribution in [0, 0.1) is 71.0 Å². The zero-order valence-corrected chi connectivity index (χ0v) is 45.3. The van der Waals surface area contributed by atoms with E-state index in [2.05, 4.69) is 0 Å². The summed E-state index contributed by atoms with van der Waals surface area (Å²) in [5.41, 5.74) is -0.808. The normalized spacial score (nSPS) is 32.0. The van der Waals surface area contributed by atoms with Gasteiger partial charge in [-0.15, -0.1) is 0 Å². The zero-order valence-electron chi connectivity index (χ0n) is 45.3. The molecule has 0 N–H and O–H groups in total. The predicted molar refractivity (Wildman–Crippen MR) is 273 cm³/mol. The Morgan fingerprint density at radius 2 is 0.689 bits per heavy atom. The third kappa shape index (κ3) is 16.3. The molecule has 8 saturated carbocycles. The van der Waals surface area contributed by atoms with Gasteiger partial charge in [0.15, 0.2) is 12.2 Å². The lowest BCUT2D eigenvalue weighted by atomic mass is 9.76. The molecule has 0 aromatic rings. The third-order valence-electron chi connectivity index (χ3n) is 19.0. The van der Waals surface area contributed by atoms with Crippen molar-refractivity contribution in [1.82, 2.24) is 4.90 Å². The minimum Gasteiger partial charge on any atom is -0.461 e. The van der Waals surface area contributed by atoms with Crippen LogP contribution in [-0.2, 0) is 61.9 Å². The van der Waals surface area contributed by atoms with Gasteiger partial charge in [0, 0.05) is 25.9 Å². The van der Waals surface area contributed by atoms with E-state index in [0.717, 1.165) is 103 Å². The number of hydrogen-bond donors (Lipinski definition) is 0. The van der Waals surface area contributed by atoms with Crippen LogP contribution >= 0.6 is 0 Å². The molecular weight excluding hydrogens is 947 g/mol. The first-order valence-corrected chi connectivity index (χ1v) is 29.7. The van der Waals surface area contributed by atoms with Crippen molar-refractivity contribution in [2.75, 3.05) is 39.5 Å². The minimum absolute atomic E-state index is 0.0829. The number of hydrogen-bond acceptors (Lipinski definition) is 14. The lowest BCUT2D eigenvalue weighted by Crippen LogP contribution is -2.39. The second-order valence-corrected chi connectivity index (χ2v) is 25.3. The first kappa shape index (κ1) is 56.3. The fourth-order valence-corrected chi connectivity index (χ4v) is 15.0. The summed E-state index contributed by atoms with van der Waals surface area (Å²) in [5, 5.41) is 0. The monoisotopic (exact) mass is 1040 g/mol. The largest absolute Gasteiger partial charge is 0.461 e. The highest BCUT2D eigenvalue weighted by Crippen LogP contribution is 2.48. The Morgan fingerprint density at radius 3 is 0.973 bits per heavy atom. The number of ether oxygens (including phenoxy) is 7. The van der Waals surface area contributed by atoms with Crippen LogP contribution in [0.5, 0.6) is 0 Å². The van der Waals surface area contributed by atoms with Crippen molar-refractivity contribution in [2.24, 2.45) is 71.0 Å². The molecule has 12 atom stereocenters. The quantitative estimate of drug-likeness (QED) is 0.0736. The van der Waals surface area contributed by atoms with E-state index in [9.17, 15) is 33.6 Å². The molecule has 0 heterocycles. The van der Waals surface area contributed by atoms with E-state index in [1.165, 1.54) is 56.3 Å². The lowest BCUT2D eigenvalue weighted by Gasteiger charge is -2.31. The Morgan fingerprint density at radius 1 is 0.405 bits per heavy atom. The number of nitrogens with zero attached hydrogens (tertiary/aromatic N) is 1. The van der Waals surface area contributed by atoms with Gasteiger partial charge < -0.3 is 38.1 Å². The second-order valence-electron chi connectivity index (χ2n) is 25.3. The number of rotatable bonds is 22. The van der Waals surface area contributed by atoms with E-state index in [1.807, 2.05) is 0 Å². The van der Waals surface area contributed by atoms with Gasteiger partial charge in [-0.05, 0) is 158 Å². The van der Waals surface area contributed by atoms with Crippen molar-refractivity contribution in [2.45, 2.75) is 218 Å². The molecular formula is C59H91NO14. The van der Waals surface area contributed by atoms with E-state index in [1.54, 1.807) is 20.8 Å². The van der Waals surface area contributed by atoms with Gasteiger partial charge >= 0.3 is 41.9 Å². The highest BCUT2D eigenvalue weighted by atomic mass is 16.6. The first-order chi connectivity index (χ1) is 35.6. The smallest absolute Gasteiger partial charge is 0.410 e. The molecule has 15 nitrogen and oxygen atoms in total.